The second-order valence-corrected chi connectivity index (χ2v) is 7.03. The Morgan fingerprint density at radius 3 is 0.652 bits per heavy atom. The van der Waals surface area contributed by atoms with Gasteiger partial charge in [0.15, 0.2) is 0 Å². The van der Waals surface area contributed by atoms with E-state index in [4.69, 9.17) is 5.11 Å². The SMILES string of the molecule is CCCCCCCCCCCCCCCCCCC.CCCO. The van der Waals surface area contributed by atoms with Crippen molar-refractivity contribution in [3.8, 4) is 0 Å². The lowest BCUT2D eigenvalue weighted by Crippen LogP contribution is -1.83. The van der Waals surface area contributed by atoms with Crippen LogP contribution >= 0.6 is 0 Å². The number of hydrogen-bond acceptors (Lipinski definition) is 1. The molecule has 0 rings (SSSR count). The second kappa shape index (κ2) is 26.8. The molecular weight excluding hydrogens is 280 g/mol. The molecule has 1 N–H and O–H groups in total. The first kappa shape index (κ1) is 25.2. The van der Waals surface area contributed by atoms with E-state index < -0.39 is 0 Å². The van der Waals surface area contributed by atoms with E-state index in [-0.39, 0.29) is 0 Å². The molecule has 0 aromatic carbocycles. The normalized spacial score (nSPS) is 10.4. The summed E-state index contributed by atoms with van der Waals surface area (Å²) >= 11 is 0. The Hall–Kier alpha value is -0.0400. The Balaban J connectivity index is 0. The summed E-state index contributed by atoms with van der Waals surface area (Å²) in [5.74, 6) is 0. The highest BCUT2D eigenvalue weighted by atomic mass is 16.2. The first-order valence-electron chi connectivity index (χ1n) is 10.9. The summed E-state index contributed by atoms with van der Waals surface area (Å²) < 4.78 is 0. The van der Waals surface area contributed by atoms with Crippen LogP contribution in [0.5, 0.6) is 0 Å². The molecule has 1 heteroatoms. The third kappa shape index (κ3) is 30.4. The highest BCUT2D eigenvalue weighted by Crippen LogP contribution is 2.13. The van der Waals surface area contributed by atoms with Crippen molar-refractivity contribution in [2.45, 2.75) is 136 Å². The molecule has 0 aliphatic rings. The van der Waals surface area contributed by atoms with Crippen LogP contribution in [0.3, 0.4) is 0 Å². The molecule has 0 aliphatic heterocycles. The van der Waals surface area contributed by atoms with Gasteiger partial charge in [-0.2, -0.15) is 0 Å². The van der Waals surface area contributed by atoms with Crippen LogP contribution in [0.15, 0.2) is 0 Å². The van der Waals surface area contributed by atoms with Gasteiger partial charge in [0.05, 0.1) is 0 Å². The zero-order chi connectivity index (χ0) is 17.4. The van der Waals surface area contributed by atoms with Crippen LogP contribution in [0, 0.1) is 0 Å². The molecule has 0 bridgehead atoms. The molecule has 0 amide bonds. The maximum Gasteiger partial charge on any atom is 0.0428 e. The van der Waals surface area contributed by atoms with Crippen molar-refractivity contribution in [1.29, 1.82) is 0 Å². The molecular formula is C22H48O. The first-order valence-corrected chi connectivity index (χ1v) is 10.9. The predicted molar refractivity (Wildman–Crippen MR) is 107 cm³/mol. The topological polar surface area (TPSA) is 20.2 Å². The molecule has 0 radical (unpaired) electrons. The summed E-state index contributed by atoms with van der Waals surface area (Å²) in [5.41, 5.74) is 0. The van der Waals surface area contributed by atoms with Crippen LogP contribution in [0.4, 0.5) is 0 Å². The molecule has 0 aromatic heterocycles. The number of aliphatic hydroxyl groups is 1. The van der Waals surface area contributed by atoms with E-state index in [1.807, 2.05) is 6.92 Å². The van der Waals surface area contributed by atoms with Crippen LogP contribution in [0.25, 0.3) is 0 Å². The maximum atomic E-state index is 7.88. The van der Waals surface area contributed by atoms with Crippen molar-refractivity contribution in [2.24, 2.45) is 0 Å². The van der Waals surface area contributed by atoms with Crippen LogP contribution < -0.4 is 0 Å². The second-order valence-electron chi connectivity index (χ2n) is 7.03. The third-order valence-electron chi connectivity index (χ3n) is 4.43. The van der Waals surface area contributed by atoms with Gasteiger partial charge in [0.2, 0.25) is 0 Å². The Labute approximate surface area is 148 Å². The van der Waals surface area contributed by atoms with Crippen LogP contribution in [0.1, 0.15) is 136 Å². The molecule has 0 saturated heterocycles. The van der Waals surface area contributed by atoms with E-state index in [2.05, 4.69) is 13.8 Å². The number of hydrogen-bond donors (Lipinski definition) is 1. The van der Waals surface area contributed by atoms with Gasteiger partial charge in [-0.05, 0) is 6.42 Å². The van der Waals surface area contributed by atoms with Crippen molar-refractivity contribution in [3.05, 3.63) is 0 Å². The molecule has 0 atom stereocenters. The van der Waals surface area contributed by atoms with Crippen molar-refractivity contribution in [3.63, 3.8) is 0 Å². The fourth-order valence-corrected chi connectivity index (χ4v) is 2.80. The van der Waals surface area contributed by atoms with E-state index in [0.29, 0.717) is 6.61 Å². The van der Waals surface area contributed by atoms with E-state index in [9.17, 15) is 0 Å². The number of aliphatic hydroxyl groups excluding tert-OH is 1. The fourth-order valence-electron chi connectivity index (χ4n) is 2.80. The quantitative estimate of drug-likeness (QED) is 0.268. The third-order valence-corrected chi connectivity index (χ3v) is 4.43. The Morgan fingerprint density at radius 2 is 0.522 bits per heavy atom. The van der Waals surface area contributed by atoms with Crippen molar-refractivity contribution in [1.82, 2.24) is 0 Å². The van der Waals surface area contributed by atoms with Gasteiger partial charge in [0.25, 0.3) is 0 Å². The van der Waals surface area contributed by atoms with Gasteiger partial charge in [0, 0.05) is 6.61 Å². The van der Waals surface area contributed by atoms with Gasteiger partial charge in [-0.15, -0.1) is 0 Å². The van der Waals surface area contributed by atoms with Gasteiger partial charge in [-0.3, -0.25) is 0 Å². The van der Waals surface area contributed by atoms with E-state index in [1.54, 1.807) is 0 Å². The summed E-state index contributed by atoms with van der Waals surface area (Å²) in [6.45, 7) is 6.84. The molecule has 0 heterocycles. The minimum absolute atomic E-state index is 0.319. The van der Waals surface area contributed by atoms with Gasteiger partial charge in [-0.1, -0.05) is 130 Å². The molecule has 0 aliphatic carbocycles. The average Bonchev–Trinajstić information content (AvgIpc) is 2.58. The van der Waals surface area contributed by atoms with Gasteiger partial charge in [0.1, 0.15) is 0 Å². The first-order chi connectivity index (χ1) is 11.3. The predicted octanol–water partition coefficient (Wildman–Crippen LogP) is 8.05. The summed E-state index contributed by atoms with van der Waals surface area (Å²) in [6.07, 6.45) is 25.8. The highest BCUT2D eigenvalue weighted by molar-refractivity contribution is 4.49. The standard InChI is InChI=1S/C19H40.C3H8O/c1-3-5-7-9-11-13-15-17-19-18-16-14-12-10-8-6-4-2;1-2-3-4/h3-19H2,1-2H3;4H,2-3H2,1H3. The van der Waals surface area contributed by atoms with Crippen LogP contribution in [0.2, 0.25) is 0 Å². The smallest absolute Gasteiger partial charge is 0.0428 e. The van der Waals surface area contributed by atoms with Crippen LogP contribution in [-0.2, 0) is 0 Å². The molecule has 142 valence electrons. The fraction of sp³-hybridized carbons (Fsp3) is 1.00. The maximum absolute atomic E-state index is 7.88. The molecule has 0 unspecified atom stereocenters. The molecule has 0 aromatic rings. The van der Waals surface area contributed by atoms with E-state index >= 15 is 0 Å². The van der Waals surface area contributed by atoms with Gasteiger partial charge < -0.3 is 5.11 Å². The summed E-state index contributed by atoms with van der Waals surface area (Å²) in [5, 5.41) is 7.88. The van der Waals surface area contributed by atoms with E-state index in [1.165, 1.54) is 109 Å². The largest absolute Gasteiger partial charge is 0.396 e. The van der Waals surface area contributed by atoms with Crippen molar-refractivity contribution < 1.29 is 5.11 Å². The minimum Gasteiger partial charge on any atom is -0.396 e. The average molecular weight is 329 g/mol. The van der Waals surface area contributed by atoms with Crippen molar-refractivity contribution >= 4 is 0 Å². The lowest BCUT2D eigenvalue weighted by Gasteiger charge is -2.03. The minimum atomic E-state index is 0.319. The molecule has 1 nitrogen and oxygen atoms in total. The van der Waals surface area contributed by atoms with E-state index in [0.717, 1.165) is 6.42 Å². The Bertz CT molecular complexity index is 149. The summed E-state index contributed by atoms with van der Waals surface area (Å²) in [4.78, 5) is 0. The molecule has 0 fully saturated rings. The summed E-state index contributed by atoms with van der Waals surface area (Å²) in [6, 6.07) is 0. The molecule has 0 saturated carbocycles. The van der Waals surface area contributed by atoms with Crippen LogP contribution in [-0.4, -0.2) is 11.7 Å². The highest BCUT2D eigenvalue weighted by Gasteiger charge is 1.94. The zero-order valence-corrected chi connectivity index (χ0v) is 16.9. The monoisotopic (exact) mass is 328 g/mol. The van der Waals surface area contributed by atoms with Gasteiger partial charge in [-0.25, -0.2) is 0 Å². The Kier molecular flexibility index (Phi) is 29.4. The number of rotatable bonds is 17. The Morgan fingerprint density at radius 1 is 0.348 bits per heavy atom. The molecule has 0 spiro atoms. The zero-order valence-electron chi connectivity index (χ0n) is 16.9. The number of unbranched alkanes of at least 4 members (excludes halogenated alkanes) is 16. The lowest BCUT2D eigenvalue weighted by atomic mass is 10.0. The van der Waals surface area contributed by atoms with Crippen molar-refractivity contribution in [2.75, 3.05) is 6.61 Å². The summed E-state index contributed by atoms with van der Waals surface area (Å²) in [7, 11) is 0. The lowest BCUT2D eigenvalue weighted by molar-refractivity contribution is 0.295. The molecule has 23 heavy (non-hydrogen) atoms. The van der Waals surface area contributed by atoms with Gasteiger partial charge >= 0.3 is 0 Å².